The van der Waals surface area contributed by atoms with Gasteiger partial charge in [0.1, 0.15) is 5.70 Å². The van der Waals surface area contributed by atoms with Crippen molar-refractivity contribution in [2.45, 2.75) is 13.0 Å². The van der Waals surface area contributed by atoms with Crippen molar-refractivity contribution in [1.29, 1.82) is 0 Å². The number of rotatable bonds is 10. The largest absolute Gasteiger partial charge is 0.493 e. The van der Waals surface area contributed by atoms with Gasteiger partial charge in [0.05, 0.1) is 20.5 Å². The molecule has 0 saturated carbocycles. The van der Waals surface area contributed by atoms with Gasteiger partial charge >= 0.3 is 0 Å². The molecule has 186 valence electrons. The Kier molecular flexibility index (Phi) is 7.69. The molecular formula is C27H29N5O4. The molecule has 2 aromatic heterocycles. The fourth-order valence-electron chi connectivity index (χ4n) is 3.95. The Morgan fingerprint density at radius 3 is 2.64 bits per heavy atom. The summed E-state index contributed by atoms with van der Waals surface area (Å²) in [6, 6.07) is 12.7. The van der Waals surface area contributed by atoms with E-state index in [0.717, 1.165) is 23.0 Å². The van der Waals surface area contributed by atoms with Crippen LogP contribution in [-0.2, 0) is 18.4 Å². The second kappa shape index (κ2) is 11.3. The summed E-state index contributed by atoms with van der Waals surface area (Å²) in [6.45, 7) is 1.16. The quantitative estimate of drug-likeness (QED) is 0.264. The van der Waals surface area contributed by atoms with Crippen LogP contribution in [0, 0.1) is 0 Å². The van der Waals surface area contributed by atoms with E-state index in [0.29, 0.717) is 30.0 Å². The Bertz CT molecular complexity index is 1390. The van der Waals surface area contributed by atoms with Gasteiger partial charge in [-0.3, -0.25) is 9.59 Å². The summed E-state index contributed by atoms with van der Waals surface area (Å²) in [7, 11) is 4.97. The second-order valence-corrected chi connectivity index (χ2v) is 8.20. The number of nitrogens with one attached hydrogen (secondary N) is 2. The topological polar surface area (TPSA) is 99.4 Å². The maximum absolute atomic E-state index is 13.2. The molecule has 0 radical (unpaired) electrons. The number of imidazole rings is 1. The Balaban J connectivity index is 1.58. The minimum atomic E-state index is -0.434. The van der Waals surface area contributed by atoms with Gasteiger partial charge in [0.25, 0.3) is 11.8 Å². The zero-order valence-electron chi connectivity index (χ0n) is 20.5. The fraction of sp³-hybridized carbons (Fsp3) is 0.222. The molecule has 4 rings (SSSR count). The van der Waals surface area contributed by atoms with Crippen LogP contribution in [0.5, 0.6) is 11.5 Å². The molecule has 2 N–H and O–H groups in total. The lowest BCUT2D eigenvalue weighted by atomic mass is 10.1. The average Bonchev–Trinajstić information content (AvgIpc) is 3.53. The lowest BCUT2D eigenvalue weighted by molar-refractivity contribution is -0.117. The van der Waals surface area contributed by atoms with Crippen LogP contribution in [0.2, 0.25) is 0 Å². The molecule has 0 unspecified atom stereocenters. The summed E-state index contributed by atoms with van der Waals surface area (Å²) in [4.78, 5) is 30.3. The van der Waals surface area contributed by atoms with E-state index in [1.807, 2.05) is 52.8 Å². The highest BCUT2D eigenvalue weighted by Gasteiger charge is 2.17. The fourth-order valence-corrected chi connectivity index (χ4v) is 3.95. The number of hydrogen-bond donors (Lipinski definition) is 2. The maximum Gasteiger partial charge on any atom is 0.267 e. The number of aryl methyl sites for hydroxylation is 2. The lowest BCUT2D eigenvalue weighted by Crippen LogP contribution is -2.35. The predicted octanol–water partition coefficient (Wildman–Crippen LogP) is 3.37. The van der Waals surface area contributed by atoms with Crippen LogP contribution in [0.4, 0.5) is 0 Å². The first-order valence-corrected chi connectivity index (χ1v) is 11.5. The van der Waals surface area contributed by atoms with E-state index in [4.69, 9.17) is 9.47 Å². The van der Waals surface area contributed by atoms with Gasteiger partial charge in [-0.25, -0.2) is 4.98 Å². The molecular weight excluding hydrogens is 458 g/mol. The van der Waals surface area contributed by atoms with Crippen LogP contribution < -0.4 is 20.1 Å². The zero-order chi connectivity index (χ0) is 25.5. The standard InChI is InChI=1S/C27H29N5O4/c1-31-17-20(21-7-4-5-8-23(21)31)15-22(27(34)29-11-6-13-32-14-12-28-18-32)30-26(33)19-9-10-24(35-2)25(16-19)36-3/h4-5,7-10,12,14-18H,6,11,13H2,1-3H3,(H,29,34)(H,30,33)/b22-15+. The molecule has 2 aromatic carbocycles. The van der Waals surface area contributed by atoms with Gasteiger partial charge in [0, 0.05) is 60.8 Å². The van der Waals surface area contributed by atoms with Crippen molar-refractivity contribution in [3.63, 3.8) is 0 Å². The number of hydrogen-bond acceptors (Lipinski definition) is 5. The molecule has 0 fully saturated rings. The molecule has 9 heteroatoms. The van der Waals surface area contributed by atoms with Crippen molar-refractivity contribution < 1.29 is 19.1 Å². The number of aromatic nitrogens is 3. The molecule has 9 nitrogen and oxygen atoms in total. The van der Waals surface area contributed by atoms with Crippen molar-refractivity contribution in [1.82, 2.24) is 24.8 Å². The predicted molar refractivity (Wildman–Crippen MR) is 138 cm³/mol. The zero-order valence-corrected chi connectivity index (χ0v) is 20.5. The number of carbonyl (C=O) groups excluding carboxylic acids is 2. The number of nitrogens with zero attached hydrogens (tertiary/aromatic N) is 3. The minimum Gasteiger partial charge on any atom is -0.493 e. The van der Waals surface area contributed by atoms with Crippen molar-refractivity contribution >= 4 is 28.8 Å². The van der Waals surface area contributed by atoms with Crippen LogP contribution in [-0.4, -0.2) is 46.7 Å². The molecule has 0 aliphatic carbocycles. The number of amides is 2. The highest BCUT2D eigenvalue weighted by molar-refractivity contribution is 6.06. The van der Waals surface area contributed by atoms with Gasteiger partial charge in [0.15, 0.2) is 11.5 Å². The van der Waals surface area contributed by atoms with E-state index < -0.39 is 5.91 Å². The van der Waals surface area contributed by atoms with Crippen LogP contribution in [0.25, 0.3) is 17.0 Å². The number of methoxy groups -OCH3 is 2. The molecule has 2 amide bonds. The third kappa shape index (κ3) is 5.57. The Hall–Kier alpha value is -4.53. The van der Waals surface area contributed by atoms with E-state index in [1.54, 1.807) is 36.8 Å². The van der Waals surface area contributed by atoms with Gasteiger partial charge in [0.2, 0.25) is 0 Å². The van der Waals surface area contributed by atoms with E-state index in [-0.39, 0.29) is 11.6 Å². The molecule has 36 heavy (non-hydrogen) atoms. The first-order chi connectivity index (χ1) is 17.5. The summed E-state index contributed by atoms with van der Waals surface area (Å²) in [5.41, 5.74) is 2.33. The van der Waals surface area contributed by atoms with E-state index in [1.165, 1.54) is 14.2 Å². The highest BCUT2D eigenvalue weighted by Crippen LogP contribution is 2.28. The van der Waals surface area contributed by atoms with E-state index in [9.17, 15) is 9.59 Å². The van der Waals surface area contributed by atoms with Crippen molar-refractivity contribution in [3.8, 4) is 11.5 Å². The van der Waals surface area contributed by atoms with Crippen LogP contribution in [0.15, 0.2) is 73.1 Å². The molecule has 0 atom stereocenters. The molecule has 0 aliphatic rings. The summed E-state index contributed by atoms with van der Waals surface area (Å²) in [6.07, 6.45) is 9.67. The minimum absolute atomic E-state index is 0.147. The van der Waals surface area contributed by atoms with Gasteiger partial charge in [-0.1, -0.05) is 18.2 Å². The first-order valence-electron chi connectivity index (χ1n) is 11.5. The Morgan fingerprint density at radius 1 is 1.08 bits per heavy atom. The first kappa shape index (κ1) is 24.6. The van der Waals surface area contributed by atoms with E-state index in [2.05, 4.69) is 15.6 Å². The molecule has 0 aliphatic heterocycles. The van der Waals surface area contributed by atoms with Crippen LogP contribution in [0.3, 0.4) is 0 Å². The van der Waals surface area contributed by atoms with E-state index >= 15 is 0 Å². The number of para-hydroxylation sites is 1. The lowest BCUT2D eigenvalue weighted by Gasteiger charge is -2.13. The summed E-state index contributed by atoms with van der Waals surface area (Å²) in [5, 5.41) is 6.68. The molecule has 2 heterocycles. The summed E-state index contributed by atoms with van der Waals surface area (Å²) in [5.74, 6) is 0.128. The third-order valence-electron chi connectivity index (χ3n) is 5.80. The average molecular weight is 488 g/mol. The van der Waals surface area contributed by atoms with Gasteiger partial charge < -0.3 is 29.2 Å². The molecule has 0 saturated heterocycles. The highest BCUT2D eigenvalue weighted by atomic mass is 16.5. The number of fused-ring (bicyclic) bond motifs is 1. The monoisotopic (exact) mass is 487 g/mol. The van der Waals surface area contributed by atoms with Crippen molar-refractivity contribution in [2.24, 2.45) is 7.05 Å². The summed E-state index contributed by atoms with van der Waals surface area (Å²) < 4.78 is 14.5. The normalized spacial score (nSPS) is 11.4. The van der Waals surface area contributed by atoms with Crippen LogP contribution in [0.1, 0.15) is 22.3 Å². The van der Waals surface area contributed by atoms with Gasteiger partial charge in [-0.15, -0.1) is 0 Å². The van der Waals surface area contributed by atoms with Gasteiger partial charge in [-0.2, -0.15) is 0 Å². The van der Waals surface area contributed by atoms with Crippen LogP contribution >= 0.6 is 0 Å². The number of carbonyl (C=O) groups is 2. The number of ether oxygens (including phenoxy) is 2. The third-order valence-corrected chi connectivity index (χ3v) is 5.80. The SMILES string of the molecule is COc1ccc(C(=O)N/C(=C/c2cn(C)c3ccccc23)C(=O)NCCCn2ccnc2)cc1OC. The maximum atomic E-state index is 13.2. The molecule has 4 aromatic rings. The Labute approximate surface area is 209 Å². The Morgan fingerprint density at radius 2 is 1.89 bits per heavy atom. The van der Waals surface area contributed by atoms with Crippen molar-refractivity contribution in [2.75, 3.05) is 20.8 Å². The molecule has 0 spiro atoms. The second-order valence-electron chi connectivity index (χ2n) is 8.20. The van der Waals surface area contributed by atoms with Gasteiger partial charge in [-0.05, 0) is 36.8 Å². The summed E-state index contributed by atoms with van der Waals surface area (Å²) >= 11 is 0. The smallest absolute Gasteiger partial charge is 0.267 e. The number of benzene rings is 2. The molecule has 0 bridgehead atoms. The van der Waals surface area contributed by atoms with Crippen molar-refractivity contribution in [3.05, 3.63) is 84.2 Å².